The topological polar surface area (TPSA) is 89.6 Å². The second-order valence-corrected chi connectivity index (χ2v) is 6.15. The summed E-state index contributed by atoms with van der Waals surface area (Å²) in [6, 6.07) is 2.01. The van der Waals surface area contributed by atoms with E-state index < -0.39 is 11.7 Å². The summed E-state index contributed by atoms with van der Waals surface area (Å²) in [7, 11) is 1.00. The number of thiophene rings is 1. The van der Waals surface area contributed by atoms with Crippen molar-refractivity contribution >= 4 is 23.7 Å². The molecule has 22 heavy (non-hydrogen) atoms. The first-order valence-electron chi connectivity index (χ1n) is 7.28. The van der Waals surface area contributed by atoms with E-state index in [2.05, 4.69) is 10.1 Å². The Morgan fingerprint density at radius 3 is 2.09 bits per heavy atom. The molecule has 1 heterocycles. The average Bonchev–Trinajstić information content (AvgIpc) is 3.19. The highest BCUT2D eigenvalue weighted by Gasteiger charge is 2.24. The Morgan fingerprint density at radius 2 is 1.86 bits per heavy atom. The van der Waals surface area contributed by atoms with E-state index in [4.69, 9.17) is 10.8 Å². The molecule has 0 atom stereocenters. The van der Waals surface area contributed by atoms with E-state index in [-0.39, 0.29) is 0 Å². The number of aliphatic hydroxyl groups is 1. The molecule has 0 aromatic carbocycles. The van der Waals surface area contributed by atoms with Gasteiger partial charge < -0.3 is 15.6 Å². The van der Waals surface area contributed by atoms with Gasteiger partial charge in [0.1, 0.15) is 5.60 Å². The van der Waals surface area contributed by atoms with Crippen molar-refractivity contribution in [2.24, 2.45) is 5.73 Å². The van der Waals surface area contributed by atoms with Crippen molar-refractivity contribution in [3.05, 3.63) is 21.9 Å². The van der Waals surface area contributed by atoms with Gasteiger partial charge in [0.2, 0.25) is 0 Å². The largest absolute Gasteiger partial charge is 0.444 e. The van der Waals surface area contributed by atoms with E-state index in [0.29, 0.717) is 0 Å². The molecule has 0 saturated heterocycles. The Hall–Kier alpha value is -1.40. The number of hydrogen-bond acceptors (Lipinski definition) is 5. The zero-order chi connectivity index (χ0) is 17.8. The second-order valence-electron chi connectivity index (χ2n) is 5.21. The fraction of sp³-hybridized carbons (Fsp3) is 0.625. The van der Waals surface area contributed by atoms with E-state index >= 15 is 0 Å². The summed E-state index contributed by atoms with van der Waals surface area (Å²) in [4.78, 5) is 21.2. The second kappa shape index (κ2) is 12.2. The molecule has 3 N–H and O–H groups in total. The molecule has 6 heteroatoms. The van der Waals surface area contributed by atoms with Crippen LogP contribution in [0.25, 0.3) is 0 Å². The first kappa shape index (κ1) is 22.9. The van der Waals surface area contributed by atoms with Crippen LogP contribution in [-0.2, 0) is 4.74 Å². The van der Waals surface area contributed by atoms with E-state index in [1.165, 1.54) is 18.4 Å². The van der Waals surface area contributed by atoms with Crippen LogP contribution in [0, 0.1) is 0 Å². The first-order valence-corrected chi connectivity index (χ1v) is 8.16. The van der Waals surface area contributed by atoms with Crippen LogP contribution in [-0.4, -0.2) is 30.2 Å². The lowest BCUT2D eigenvalue weighted by Crippen LogP contribution is -2.27. The molecule has 1 aliphatic carbocycles. The minimum absolute atomic E-state index is 0.453. The maximum absolute atomic E-state index is 10.3. The molecule has 1 fully saturated rings. The molecule has 2 rings (SSSR count). The van der Waals surface area contributed by atoms with Crippen LogP contribution < -0.4 is 5.73 Å². The summed E-state index contributed by atoms with van der Waals surface area (Å²) in [6.07, 6.45) is 2.83. The van der Waals surface area contributed by atoms with Gasteiger partial charge >= 0.3 is 6.09 Å². The third kappa shape index (κ3) is 12.3. The van der Waals surface area contributed by atoms with Gasteiger partial charge in [-0.3, -0.25) is 4.79 Å². The highest BCUT2D eigenvalue weighted by Crippen LogP contribution is 2.41. The number of nitrogens with two attached hydrogens (primary N) is 1. The van der Waals surface area contributed by atoms with Gasteiger partial charge in [0.25, 0.3) is 0 Å². The fourth-order valence-corrected chi connectivity index (χ4v) is 2.16. The van der Waals surface area contributed by atoms with Gasteiger partial charge in [-0.1, -0.05) is 13.8 Å². The van der Waals surface area contributed by atoms with Gasteiger partial charge in [-0.25, -0.2) is 4.79 Å². The molecule has 1 aliphatic rings. The van der Waals surface area contributed by atoms with Crippen molar-refractivity contribution in [2.75, 3.05) is 7.11 Å². The Kier molecular flexibility index (Phi) is 12.7. The Labute approximate surface area is 137 Å². The Morgan fingerprint density at radius 1 is 1.36 bits per heavy atom. The standard InChI is InChI=1S/C8H8OS.C5H11NO2.C2H6.CH4O/c9-4-8-3-7(5-10-8)6-1-2-6;1-5(2,3)8-4(6)7;2*1-2/h3-6H,1-2H2;1-3H3,(H2,6,7);1-2H3;2H,1H3. The Bertz CT molecular complexity index is 420. The van der Waals surface area contributed by atoms with Gasteiger partial charge in [-0.05, 0) is 56.5 Å². The van der Waals surface area contributed by atoms with Crippen molar-refractivity contribution in [2.45, 2.75) is 59.0 Å². The molecular weight excluding hydrogens is 302 g/mol. The van der Waals surface area contributed by atoms with Crippen LogP contribution in [0.1, 0.15) is 68.6 Å². The zero-order valence-corrected chi connectivity index (χ0v) is 15.2. The number of carbonyl (C=O) groups excluding carboxylic acids is 2. The summed E-state index contributed by atoms with van der Waals surface area (Å²) in [5, 5.41) is 9.10. The number of ether oxygens (including phenoxy) is 1. The van der Waals surface area contributed by atoms with Crippen LogP contribution in [0.4, 0.5) is 4.79 Å². The molecule has 0 aliphatic heterocycles. The van der Waals surface area contributed by atoms with Gasteiger partial charge in [0.15, 0.2) is 6.29 Å². The number of amides is 1. The molecule has 1 amide bonds. The molecule has 128 valence electrons. The monoisotopic (exact) mass is 331 g/mol. The lowest BCUT2D eigenvalue weighted by atomic mass is 10.2. The van der Waals surface area contributed by atoms with Crippen molar-refractivity contribution in [3.63, 3.8) is 0 Å². The molecule has 1 aromatic heterocycles. The van der Waals surface area contributed by atoms with Crippen molar-refractivity contribution in [3.8, 4) is 0 Å². The van der Waals surface area contributed by atoms with Gasteiger partial charge in [-0.2, -0.15) is 0 Å². The molecule has 0 spiro atoms. The normalized spacial score (nSPS) is 12.3. The minimum Gasteiger partial charge on any atom is -0.444 e. The third-order valence-electron chi connectivity index (χ3n) is 2.21. The van der Waals surface area contributed by atoms with Crippen molar-refractivity contribution in [1.29, 1.82) is 0 Å². The van der Waals surface area contributed by atoms with E-state index in [9.17, 15) is 9.59 Å². The lowest BCUT2D eigenvalue weighted by molar-refractivity contribution is 0.0600. The van der Waals surface area contributed by atoms with Crippen LogP contribution in [0.3, 0.4) is 0 Å². The van der Waals surface area contributed by atoms with E-state index in [1.807, 2.05) is 19.9 Å². The van der Waals surface area contributed by atoms with Crippen LogP contribution in [0.15, 0.2) is 11.4 Å². The summed E-state index contributed by atoms with van der Waals surface area (Å²) < 4.78 is 4.58. The zero-order valence-electron chi connectivity index (χ0n) is 14.4. The third-order valence-corrected chi connectivity index (χ3v) is 3.09. The smallest absolute Gasteiger partial charge is 0.405 e. The number of primary amides is 1. The highest BCUT2D eigenvalue weighted by molar-refractivity contribution is 7.11. The maximum atomic E-state index is 10.3. The molecule has 1 saturated carbocycles. The fourth-order valence-electron chi connectivity index (χ4n) is 1.36. The minimum atomic E-state index is -0.725. The summed E-state index contributed by atoms with van der Waals surface area (Å²) >= 11 is 1.55. The van der Waals surface area contributed by atoms with Gasteiger partial charge in [0.05, 0.1) is 4.88 Å². The lowest BCUT2D eigenvalue weighted by Gasteiger charge is -2.16. The number of carbonyl (C=O) groups is 2. The number of hydrogen-bond donors (Lipinski definition) is 2. The first-order chi connectivity index (χ1) is 10.3. The number of aldehydes is 1. The Balaban J connectivity index is 0. The molecule has 0 bridgehead atoms. The van der Waals surface area contributed by atoms with Crippen molar-refractivity contribution in [1.82, 2.24) is 0 Å². The van der Waals surface area contributed by atoms with E-state index in [0.717, 1.165) is 24.2 Å². The van der Waals surface area contributed by atoms with Gasteiger partial charge in [-0.15, -0.1) is 11.3 Å². The van der Waals surface area contributed by atoms with Gasteiger partial charge in [0, 0.05) is 7.11 Å². The molecule has 0 radical (unpaired) electrons. The molecule has 0 unspecified atom stereocenters. The average molecular weight is 331 g/mol. The quantitative estimate of drug-likeness (QED) is 0.803. The maximum Gasteiger partial charge on any atom is 0.405 e. The molecule has 1 aromatic rings. The van der Waals surface area contributed by atoms with E-state index in [1.54, 1.807) is 32.1 Å². The molecule has 5 nitrogen and oxygen atoms in total. The van der Waals surface area contributed by atoms with Crippen LogP contribution >= 0.6 is 11.3 Å². The van der Waals surface area contributed by atoms with Crippen LogP contribution in [0.2, 0.25) is 0 Å². The van der Waals surface area contributed by atoms with Crippen LogP contribution in [0.5, 0.6) is 0 Å². The highest BCUT2D eigenvalue weighted by atomic mass is 32.1. The SMILES string of the molecule is CC.CC(C)(C)OC(N)=O.CO.O=Cc1cc(C2CC2)cs1. The summed E-state index contributed by atoms with van der Waals surface area (Å²) in [5.41, 5.74) is 5.63. The number of rotatable bonds is 2. The predicted octanol–water partition coefficient (Wildman–Crippen LogP) is 3.95. The summed E-state index contributed by atoms with van der Waals surface area (Å²) in [5.74, 6) is 0.782. The predicted molar refractivity (Wildman–Crippen MR) is 91.6 cm³/mol. The summed E-state index contributed by atoms with van der Waals surface area (Å²) in [6.45, 7) is 9.28. The van der Waals surface area contributed by atoms with Crippen molar-refractivity contribution < 1.29 is 19.4 Å². The molecular formula is C16H29NO4S. The number of aliphatic hydroxyl groups excluding tert-OH is 1.